The van der Waals surface area contributed by atoms with Crippen molar-refractivity contribution in [3.63, 3.8) is 0 Å². The highest BCUT2D eigenvalue weighted by Crippen LogP contribution is 2.33. The molecule has 0 saturated carbocycles. The predicted octanol–water partition coefficient (Wildman–Crippen LogP) is 2.55. The van der Waals surface area contributed by atoms with E-state index >= 15 is 0 Å². The second kappa shape index (κ2) is 13.8. The van der Waals surface area contributed by atoms with Gasteiger partial charge in [0.1, 0.15) is 42.7 Å². The number of phenols is 1. The minimum absolute atomic E-state index is 0.125. The summed E-state index contributed by atoms with van der Waals surface area (Å²) in [5.41, 5.74) is 3.24. The van der Waals surface area contributed by atoms with Crippen molar-refractivity contribution in [3.05, 3.63) is 101 Å². The Morgan fingerprint density at radius 3 is 2.05 bits per heavy atom. The van der Waals surface area contributed by atoms with E-state index in [0.717, 1.165) is 17.4 Å². The van der Waals surface area contributed by atoms with E-state index in [1.54, 1.807) is 12.1 Å². The molecule has 2 saturated heterocycles. The maximum absolute atomic E-state index is 10.1. The lowest BCUT2D eigenvalue weighted by atomic mass is 9.98. The van der Waals surface area contributed by atoms with Gasteiger partial charge in [-0.15, -0.1) is 0 Å². The molecule has 3 aromatic rings. The number of rotatable bonds is 3. The van der Waals surface area contributed by atoms with Gasteiger partial charge in [-0.05, 0) is 19.1 Å². The topological polar surface area (TPSA) is 143 Å². The Hall–Kier alpha value is -3.44. The van der Waals surface area contributed by atoms with E-state index in [2.05, 4.69) is 0 Å². The van der Waals surface area contributed by atoms with E-state index in [0.29, 0.717) is 11.8 Å². The Morgan fingerprint density at radius 2 is 1.46 bits per heavy atom. The second-order valence-electron chi connectivity index (χ2n) is 8.46. The fourth-order valence-corrected chi connectivity index (χ4v) is 3.61. The summed E-state index contributed by atoms with van der Waals surface area (Å²) in [6.45, 7) is 2.18. The maximum atomic E-state index is 10.1. The highest BCUT2D eigenvalue weighted by atomic mass is 16.7. The van der Waals surface area contributed by atoms with Gasteiger partial charge < -0.3 is 34.6 Å². The molecule has 2 aliphatic heterocycles. The number of aliphatic hydroxyl groups excluding tert-OH is 3. The van der Waals surface area contributed by atoms with Crippen LogP contribution in [0.5, 0.6) is 5.75 Å². The predicted molar refractivity (Wildman–Crippen MR) is 133 cm³/mol. The molecule has 0 amide bonds. The Morgan fingerprint density at radius 1 is 0.784 bits per heavy atom. The molecular formula is C28H30O9. The molecule has 0 aromatic heterocycles. The first-order chi connectivity index (χ1) is 17.8. The zero-order valence-electron chi connectivity index (χ0n) is 20.2. The number of aryl methyl sites for hydroxylation is 1. The Balaban J connectivity index is 0.000000176. The van der Waals surface area contributed by atoms with Crippen molar-refractivity contribution in [2.45, 2.75) is 43.9 Å². The summed E-state index contributed by atoms with van der Waals surface area (Å²) in [6.07, 6.45) is -4.38. The minimum Gasteiger partial charge on any atom is -0.508 e. The van der Waals surface area contributed by atoms with Crippen LogP contribution < -0.4 is 0 Å². The van der Waals surface area contributed by atoms with Crippen LogP contribution in [0.15, 0.2) is 78.9 Å². The normalized spacial score (nSPS) is 26.3. The first-order valence-corrected chi connectivity index (χ1v) is 11.6. The number of aldehydes is 2. The molecule has 0 radical (unpaired) electrons. The van der Waals surface area contributed by atoms with Crippen LogP contribution in [-0.2, 0) is 14.2 Å². The van der Waals surface area contributed by atoms with Gasteiger partial charge in [0.25, 0.3) is 0 Å². The number of fused-ring (bicyclic) bond motifs is 1. The van der Waals surface area contributed by atoms with Crippen molar-refractivity contribution in [1.29, 1.82) is 0 Å². The molecule has 0 bridgehead atoms. The zero-order valence-corrected chi connectivity index (χ0v) is 20.2. The number of aromatic hydroxyl groups is 1. The first-order valence-electron chi connectivity index (χ1n) is 11.6. The number of ether oxygens (including phenoxy) is 3. The standard InChI is InChI=1S/C13H16O6.C8H8O.C7H6O2/c14-9-10(15)12(16)18-8-6-17-13(19-11(8)9)7-4-2-1-3-5-7;1-7-2-4-8(6-9)5-3-7;8-5-6-2-1-3-7(9)4-6/h1-5,8-16H,6H2;2-6H,1H3;1-5,9H. The van der Waals surface area contributed by atoms with Crippen LogP contribution in [0.25, 0.3) is 0 Å². The third-order valence-corrected chi connectivity index (χ3v) is 5.64. The SMILES string of the molecule is Cc1ccc(C=O)cc1.O=Cc1cccc(O)c1.OC1OC2COC(c3ccccc3)OC2C(O)C1O. The van der Waals surface area contributed by atoms with Gasteiger partial charge in [-0.25, -0.2) is 0 Å². The number of carbonyl (C=O) groups excluding carboxylic acids is 2. The summed E-state index contributed by atoms with van der Waals surface area (Å²) < 4.78 is 16.3. The van der Waals surface area contributed by atoms with E-state index in [9.17, 15) is 24.9 Å². The number of hydrogen-bond acceptors (Lipinski definition) is 9. The summed E-state index contributed by atoms with van der Waals surface area (Å²) in [4.78, 5) is 20.2. The van der Waals surface area contributed by atoms with Gasteiger partial charge in [0, 0.05) is 16.7 Å². The van der Waals surface area contributed by atoms with E-state index in [-0.39, 0.29) is 12.4 Å². The first kappa shape index (κ1) is 28.1. The van der Waals surface area contributed by atoms with Crippen LogP contribution in [0.2, 0.25) is 0 Å². The average molecular weight is 511 g/mol. The molecule has 9 nitrogen and oxygen atoms in total. The average Bonchev–Trinajstić information content (AvgIpc) is 2.93. The molecule has 5 rings (SSSR count). The van der Waals surface area contributed by atoms with Crippen LogP contribution >= 0.6 is 0 Å². The lowest BCUT2D eigenvalue weighted by molar-refractivity contribution is -0.354. The van der Waals surface area contributed by atoms with Crippen molar-refractivity contribution in [2.75, 3.05) is 6.61 Å². The van der Waals surface area contributed by atoms with Crippen molar-refractivity contribution < 1.29 is 44.2 Å². The van der Waals surface area contributed by atoms with Crippen molar-refractivity contribution in [3.8, 4) is 5.75 Å². The van der Waals surface area contributed by atoms with E-state index in [1.165, 1.54) is 17.7 Å². The van der Waals surface area contributed by atoms with Crippen molar-refractivity contribution in [2.24, 2.45) is 0 Å². The Bertz CT molecular complexity index is 1120. The van der Waals surface area contributed by atoms with E-state index < -0.39 is 37.0 Å². The molecule has 6 unspecified atom stereocenters. The fraction of sp³-hybridized carbons (Fsp3) is 0.286. The van der Waals surface area contributed by atoms with Crippen molar-refractivity contribution in [1.82, 2.24) is 0 Å². The molecule has 196 valence electrons. The summed E-state index contributed by atoms with van der Waals surface area (Å²) >= 11 is 0. The summed E-state index contributed by atoms with van der Waals surface area (Å²) in [5.74, 6) is 0.125. The molecule has 2 heterocycles. The van der Waals surface area contributed by atoms with Gasteiger partial charge in [0.2, 0.25) is 0 Å². The van der Waals surface area contributed by atoms with Gasteiger partial charge in [-0.3, -0.25) is 9.59 Å². The van der Waals surface area contributed by atoms with Crippen LogP contribution in [0.4, 0.5) is 0 Å². The molecule has 9 heteroatoms. The summed E-state index contributed by atoms with van der Waals surface area (Å²) in [6, 6.07) is 23.0. The van der Waals surface area contributed by atoms with Crippen LogP contribution in [-0.4, -0.2) is 70.3 Å². The van der Waals surface area contributed by atoms with Gasteiger partial charge in [0.15, 0.2) is 12.6 Å². The molecule has 0 aliphatic carbocycles. The zero-order chi connectivity index (χ0) is 26.8. The molecule has 3 aromatic carbocycles. The van der Waals surface area contributed by atoms with Crippen LogP contribution in [0.1, 0.15) is 38.1 Å². The second-order valence-corrected chi connectivity index (χ2v) is 8.46. The third-order valence-electron chi connectivity index (χ3n) is 5.64. The highest BCUT2D eigenvalue weighted by molar-refractivity contribution is 5.75. The lowest BCUT2D eigenvalue weighted by Crippen LogP contribution is -2.61. The van der Waals surface area contributed by atoms with E-state index in [4.69, 9.17) is 19.3 Å². The molecule has 2 fully saturated rings. The molecule has 0 spiro atoms. The van der Waals surface area contributed by atoms with Gasteiger partial charge in [-0.2, -0.15) is 0 Å². The molecule has 37 heavy (non-hydrogen) atoms. The maximum Gasteiger partial charge on any atom is 0.184 e. The van der Waals surface area contributed by atoms with Crippen LogP contribution in [0, 0.1) is 6.92 Å². The molecule has 2 aliphatic rings. The lowest BCUT2D eigenvalue weighted by Gasteiger charge is -2.45. The molecule has 6 atom stereocenters. The Kier molecular flexibility index (Phi) is 10.5. The molecule has 4 N–H and O–H groups in total. The summed E-state index contributed by atoms with van der Waals surface area (Å²) in [7, 11) is 0. The van der Waals surface area contributed by atoms with Crippen molar-refractivity contribution >= 4 is 12.6 Å². The number of carbonyl (C=O) groups is 2. The number of hydrogen-bond donors (Lipinski definition) is 4. The summed E-state index contributed by atoms with van der Waals surface area (Å²) in [5, 5.41) is 37.7. The number of benzene rings is 3. The monoisotopic (exact) mass is 510 g/mol. The number of aliphatic hydroxyl groups is 3. The Labute approximate surface area is 214 Å². The third kappa shape index (κ3) is 8.02. The van der Waals surface area contributed by atoms with Crippen LogP contribution in [0.3, 0.4) is 0 Å². The highest BCUT2D eigenvalue weighted by Gasteiger charge is 2.48. The number of phenolic OH excluding ortho intramolecular Hbond substituents is 1. The minimum atomic E-state index is -1.42. The van der Waals surface area contributed by atoms with E-state index in [1.807, 2.05) is 61.5 Å². The van der Waals surface area contributed by atoms with Gasteiger partial charge >= 0.3 is 0 Å². The quantitative estimate of drug-likeness (QED) is 0.391. The molecular weight excluding hydrogens is 480 g/mol. The van der Waals surface area contributed by atoms with Gasteiger partial charge in [-0.1, -0.05) is 72.3 Å². The van der Waals surface area contributed by atoms with Gasteiger partial charge in [0.05, 0.1) is 6.61 Å². The largest absolute Gasteiger partial charge is 0.508 e. The fourth-order valence-electron chi connectivity index (χ4n) is 3.61. The smallest absolute Gasteiger partial charge is 0.184 e.